The molecule has 154 valence electrons. The summed E-state index contributed by atoms with van der Waals surface area (Å²) in [5.74, 6) is -3.39. The molecule has 0 aromatic heterocycles. The molecule has 0 unspecified atom stereocenters. The molecule has 0 saturated carbocycles. The summed E-state index contributed by atoms with van der Waals surface area (Å²) >= 11 is 0.432. The number of amides is 2. The van der Waals surface area contributed by atoms with Gasteiger partial charge in [0.1, 0.15) is 0 Å². The van der Waals surface area contributed by atoms with Crippen molar-refractivity contribution < 1.29 is 29.4 Å². The van der Waals surface area contributed by atoms with Crippen molar-refractivity contribution in [2.45, 2.75) is 0 Å². The fraction of sp³-hybridized carbons (Fsp3) is 0. The summed E-state index contributed by atoms with van der Waals surface area (Å²) in [7, 11) is 0. The summed E-state index contributed by atoms with van der Waals surface area (Å²) in [5, 5.41) is 22.2. The Bertz CT molecular complexity index is 904. The molecule has 0 aliphatic carbocycles. The molecular formula is C20H16N2O6Se2. The van der Waals surface area contributed by atoms with Gasteiger partial charge in [-0.1, -0.05) is 0 Å². The van der Waals surface area contributed by atoms with Crippen molar-refractivity contribution in [3.8, 4) is 0 Å². The van der Waals surface area contributed by atoms with Gasteiger partial charge in [0.25, 0.3) is 0 Å². The SMILES string of the molecule is O=C(O)/C=C\C(=O)Nc1ccc([Se][Se]c2ccc(NC(=O)/C=C\C(=O)O)cc2)cc1. The standard InChI is InChI=1S/C20H16N2O6Se2/c23-17(9-11-19(25)26)21-13-1-5-15(6-2-13)29-30-16-7-3-14(4-8-16)22-18(24)10-12-20(27)28/h1-12H,(H,21,23)(H,22,24)(H,25,26)(H,27,28)/b11-9-,12-10-. The number of carbonyl (C=O) groups excluding carboxylic acids is 2. The number of anilines is 2. The molecule has 4 N–H and O–H groups in total. The number of benzene rings is 2. The number of carboxylic acid groups (broad SMARTS) is 2. The molecule has 10 heteroatoms. The van der Waals surface area contributed by atoms with Gasteiger partial charge < -0.3 is 0 Å². The topological polar surface area (TPSA) is 133 Å². The zero-order valence-corrected chi connectivity index (χ0v) is 18.7. The second-order valence-corrected chi connectivity index (χ2v) is 11.8. The van der Waals surface area contributed by atoms with Gasteiger partial charge in [-0.15, -0.1) is 0 Å². The van der Waals surface area contributed by atoms with Gasteiger partial charge in [-0.2, -0.15) is 0 Å². The number of nitrogens with one attached hydrogen (secondary N) is 2. The molecule has 0 saturated heterocycles. The number of carboxylic acids is 2. The predicted molar refractivity (Wildman–Crippen MR) is 114 cm³/mol. The summed E-state index contributed by atoms with van der Waals surface area (Å²) in [6, 6.07) is 14.7. The Morgan fingerprint density at radius 3 is 1.23 bits per heavy atom. The first-order chi connectivity index (χ1) is 14.3. The number of aliphatic carboxylic acids is 2. The van der Waals surface area contributed by atoms with Crippen LogP contribution in [0.3, 0.4) is 0 Å². The van der Waals surface area contributed by atoms with Crippen LogP contribution < -0.4 is 19.6 Å². The molecule has 8 nitrogen and oxygen atoms in total. The van der Waals surface area contributed by atoms with Crippen molar-refractivity contribution in [3.05, 3.63) is 72.8 Å². The van der Waals surface area contributed by atoms with Gasteiger partial charge in [0.05, 0.1) is 0 Å². The minimum absolute atomic E-state index is 0.216. The average Bonchev–Trinajstić information content (AvgIpc) is 2.71. The quantitative estimate of drug-likeness (QED) is 0.265. The predicted octanol–water partition coefficient (Wildman–Crippen LogP) is 0.119. The maximum atomic E-state index is 11.6. The van der Waals surface area contributed by atoms with E-state index in [9.17, 15) is 19.2 Å². The van der Waals surface area contributed by atoms with E-state index in [1.807, 2.05) is 24.3 Å². The maximum absolute atomic E-state index is 11.6. The van der Waals surface area contributed by atoms with Gasteiger partial charge >= 0.3 is 183 Å². The Morgan fingerprint density at radius 2 is 0.933 bits per heavy atom. The van der Waals surface area contributed by atoms with Crippen LogP contribution in [0.5, 0.6) is 0 Å². The van der Waals surface area contributed by atoms with Gasteiger partial charge in [0.15, 0.2) is 0 Å². The van der Waals surface area contributed by atoms with E-state index < -0.39 is 23.8 Å². The van der Waals surface area contributed by atoms with E-state index in [0.717, 1.165) is 33.2 Å². The van der Waals surface area contributed by atoms with E-state index in [1.165, 1.54) is 0 Å². The summed E-state index contributed by atoms with van der Waals surface area (Å²) < 4.78 is 2.30. The van der Waals surface area contributed by atoms with Crippen molar-refractivity contribution in [2.24, 2.45) is 0 Å². The molecular weight excluding hydrogens is 522 g/mol. The molecule has 2 aromatic carbocycles. The van der Waals surface area contributed by atoms with Crippen molar-refractivity contribution in [2.75, 3.05) is 10.6 Å². The third-order valence-electron chi connectivity index (χ3n) is 3.23. The van der Waals surface area contributed by atoms with Crippen molar-refractivity contribution >= 4 is 70.3 Å². The van der Waals surface area contributed by atoms with Crippen molar-refractivity contribution in [3.63, 3.8) is 0 Å². The normalized spacial score (nSPS) is 10.8. The van der Waals surface area contributed by atoms with E-state index in [0.29, 0.717) is 11.4 Å². The van der Waals surface area contributed by atoms with Crippen LogP contribution in [-0.2, 0) is 19.2 Å². The third-order valence-corrected chi connectivity index (χ3v) is 10.5. The number of hydrogen-bond acceptors (Lipinski definition) is 4. The summed E-state index contributed by atoms with van der Waals surface area (Å²) in [6.07, 6.45) is 3.47. The first kappa shape index (κ1) is 23.1. The number of carbonyl (C=O) groups is 4. The summed E-state index contributed by atoms with van der Waals surface area (Å²) in [6.45, 7) is 0. The van der Waals surface area contributed by atoms with E-state index >= 15 is 0 Å². The van der Waals surface area contributed by atoms with E-state index in [-0.39, 0.29) is 26.3 Å². The first-order valence-electron chi connectivity index (χ1n) is 8.30. The van der Waals surface area contributed by atoms with Crippen molar-refractivity contribution in [1.29, 1.82) is 0 Å². The molecule has 0 bridgehead atoms. The molecule has 30 heavy (non-hydrogen) atoms. The molecule has 0 aliphatic heterocycles. The van der Waals surface area contributed by atoms with Crippen LogP contribution in [-0.4, -0.2) is 60.2 Å². The Labute approximate surface area is 182 Å². The van der Waals surface area contributed by atoms with Gasteiger partial charge in [-0.3, -0.25) is 0 Å². The van der Waals surface area contributed by atoms with Crippen LogP contribution >= 0.6 is 0 Å². The van der Waals surface area contributed by atoms with Crippen molar-refractivity contribution in [1.82, 2.24) is 0 Å². The summed E-state index contributed by atoms with van der Waals surface area (Å²) in [4.78, 5) is 43.9. The fourth-order valence-corrected chi connectivity index (χ4v) is 7.91. The Hall–Kier alpha value is -3.16. The van der Waals surface area contributed by atoms with E-state index in [2.05, 4.69) is 10.6 Å². The number of rotatable bonds is 9. The molecule has 2 aromatic rings. The van der Waals surface area contributed by atoms with Gasteiger partial charge in [-0.25, -0.2) is 0 Å². The second kappa shape index (κ2) is 11.7. The summed E-state index contributed by atoms with van der Waals surface area (Å²) in [5.41, 5.74) is 1.17. The molecule has 0 atom stereocenters. The molecule has 2 amide bonds. The van der Waals surface area contributed by atoms with Crippen LogP contribution in [0.1, 0.15) is 0 Å². The van der Waals surface area contributed by atoms with E-state index in [1.54, 1.807) is 24.3 Å². The zero-order valence-electron chi connectivity index (χ0n) is 15.3. The fourth-order valence-electron chi connectivity index (χ4n) is 1.95. The van der Waals surface area contributed by atoms with Crippen LogP contribution in [0, 0.1) is 0 Å². The molecule has 0 spiro atoms. The Morgan fingerprint density at radius 1 is 0.600 bits per heavy atom. The molecule has 0 aliphatic rings. The Kier molecular flexibility index (Phi) is 9.05. The van der Waals surface area contributed by atoms with E-state index in [4.69, 9.17) is 10.2 Å². The molecule has 0 fully saturated rings. The minimum atomic E-state index is -1.18. The average molecular weight is 538 g/mol. The second-order valence-electron chi connectivity index (χ2n) is 5.54. The first-order valence-corrected chi connectivity index (χ1v) is 14.3. The van der Waals surface area contributed by atoms with Gasteiger partial charge in [-0.05, 0) is 0 Å². The molecule has 2 rings (SSSR count). The van der Waals surface area contributed by atoms with Gasteiger partial charge in [0, 0.05) is 0 Å². The molecule has 0 radical (unpaired) electrons. The zero-order chi connectivity index (χ0) is 21.9. The Balaban J connectivity index is 1.84. The van der Waals surface area contributed by atoms with Gasteiger partial charge in [0.2, 0.25) is 0 Å². The monoisotopic (exact) mass is 540 g/mol. The van der Waals surface area contributed by atoms with Crippen LogP contribution in [0.2, 0.25) is 0 Å². The van der Waals surface area contributed by atoms with Crippen LogP contribution in [0.4, 0.5) is 11.4 Å². The van der Waals surface area contributed by atoms with Crippen LogP contribution in [0.25, 0.3) is 0 Å². The van der Waals surface area contributed by atoms with Crippen LogP contribution in [0.15, 0.2) is 72.8 Å². The third kappa shape index (κ3) is 8.89. The number of hydrogen-bond donors (Lipinski definition) is 4. The molecule has 0 heterocycles.